The maximum absolute atomic E-state index is 13.1. The molecule has 1 heterocycles. The van der Waals surface area contributed by atoms with Crippen molar-refractivity contribution < 1.29 is 18.7 Å². The molecule has 0 atom stereocenters. The number of hydrogen-bond acceptors (Lipinski definition) is 4. The number of carbonyl (C=O) groups excluding carboxylic acids is 1. The number of amides is 1. The van der Waals surface area contributed by atoms with Crippen LogP contribution in [0.2, 0.25) is 0 Å². The molecular weight excluding hydrogens is 433 g/mol. The minimum absolute atomic E-state index is 0.0969. The third-order valence-electron chi connectivity index (χ3n) is 5.50. The molecule has 0 saturated heterocycles. The van der Waals surface area contributed by atoms with Gasteiger partial charge in [0, 0.05) is 24.7 Å². The van der Waals surface area contributed by atoms with Crippen molar-refractivity contribution in [3.05, 3.63) is 95.9 Å². The van der Waals surface area contributed by atoms with Crippen LogP contribution in [0.5, 0.6) is 11.5 Å². The van der Waals surface area contributed by atoms with Gasteiger partial charge in [0.2, 0.25) is 5.91 Å². The fourth-order valence-corrected chi connectivity index (χ4v) is 3.67. The number of halogens is 1. The molecule has 7 heteroatoms. The summed E-state index contributed by atoms with van der Waals surface area (Å²) in [6.45, 7) is 0.346. The Labute approximate surface area is 198 Å². The van der Waals surface area contributed by atoms with Gasteiger partial charge in [-0.1, -0.05) is 30.3 Å². The van der Waals surface area contributed by atoms with Gasteiger partial charge in [-0.15, -0.1) is 0 Å². The summed E-state index contributed by atoms with van der Waals surface area (Å²) in [5.41, 5.74) is 4.18. The standard InChI is InChI=1S/C27H26FN3O3/c1-33-23-13-14-25(34-2)24(16-23)27-20(18-31(30-27)22-6-4-3-5-7-22)10-15-26(32)29-17-19-8-11-21(28)12-9-19/h3-9,11-14,16,18H,10,15,17H2,1-2H3,(H,29,32). The lowest BCUT2D eigenvalue weighted by molar-refractivity contribution is -0.121. The summed E-state index contributed by atoms with van der Waals surface area (Å²) in [6, 6.07) is 21.4. The molecule has 0 aliphatic heterocycles. The highest BCUT2D eigenvalue weighted by Crippen LogP contribution is 2.35. The highest BCUT2D eigenvalue weighted by atomic mass is 19.1. The number of benzene rings is 3. The Hall–Kier alpha value is -4.13. The number of para-hydroxylation sites is 1. The summed E-state index contributed by atoms with van der Waals surface area (Å²) >= 11 is 0. The zero-order valence-electron chi connectivity index (χ0n) is 19.1. The maximum atomic E-state index is 13.1. The zero-order chi connectivity index (χ0) is 23.9. The van der Waals surface area contributed by atoms with E-state index in [0.717, 1.165) is 28.1 Å². The summed E-state index contributed by atoms with van der Waals surface area (Å²) in [5.74, 6) is 0.959. The minimum atomic E-state index is -0.300. The van der Waals surface area contributed by atoms with Crippen molar-refractivity contribution in [3.8, 4) is 28.4 Å². The SMILES string of the molecule is COc1ccc(OC)c(-c2nn(-c3ccccc3)cc2CCC(=O)NCc2ccc(F)cc2)c1. The molecule has 0 bridgehead atoms. The van der Waals surface area contributed by atoms with E-state index in [4.69, 9.17) is 14.6 Å². The molecule has 6 nitrogen and oxygen atoms in total. The summed E-state index contributed by atoms with van der Waals surface area (Å²) < 4.78 is 25.9. The number of nitrogens with one attached hydrogen (secondary N) is 1. The van der Waals surface area contributed by atoms with E-state index in [2.05, 4.69) is 5.32 Å². The molecule has 3 aromatic carbocycles. The second kappa shape index (κ2) is 10.7. The number of hydrogen-bond donors (Lipinski definition) is 1. The predicted octanol–water partition coefficient (Wildman–Crippen LogP) is 4.94. The predicted molar refractivity (Wildman–Crippen MR) is 129 cm³/mol. The van der Waals surface area contributed by atoms with Crippen molar-refractivity contribution in [2.45, 2.75) is 19.4 Å². The van der Waals surface area contributed by atoms with Crippen LogP contribution in [0.3, 0.4) is 0 Å². The third-order valence-corrected chi connectivity index (χ3v) is 5.50. The Morgan fingerprint density at radius 1 is 1.00 bits per heavy atom. The Balaban J connectivity index is 1.58. The third kappa shape index (κ3) is 5.43. The normalized spacial score (nSPS) is 10.7. The van der Waals surface area contributed by atoms with E-state index in [9.17, 15) is 9.18 Å². The number of rotatable bonds is 9. The van der Waals surface area contributed by atoms with Crippen LogP contribution in [-0.4, -0.2) is 29.9 Å². The monoisotopic (exact) mass is 459 g/mol. The van der Waals surface area contributed by atoms with Gasteiger partial charge >= 0.3 is 0 Å². The first-order valence-corrected chi connectivity index (χ1v) is 10.9. The van der Waals surface area contributed by atoms with Gasteiger partial charge in [0.05, 0.1) is 25.6 Å². The molecule has 0 radical (unpaired) electrons. The molecular formula is C27H26FN3O3. The Kier molecular flexibility index (Phi) is 7.22. The van der Waals surface area contributed by atoms with Crippen molar-refractivity contribution in [3.63, 3.8) is 0 Å². The van der Waals surface area contributed by atoms with E-state index in [1.54, 1.807) is 31.0 Å². The molecule has 1 aromatic heterocycles. The summed E-state index contributed by atoms with van der Waals surface area (Å²) in [5, 5.41) is 7.72. The molecule has 1 N–H and O–H groups in total. The second-order valence-electron chi connectivity index (χ2n) is 7.75. The van der Waals surface area contributed by atoms with E-state index in [0.29, 0.717) is 24.5 Å². The highest BCUT2D eigenvalue weighted by Gasteiger charge is 2.18. The lowest BCUT2D eigenvalue weighted by Gasteiger charge is -2.10. The Bertz CT molecular complexity index is 1250. The Morgan fingerprint density at radius 2 is 1.76 bits per heavy atom. The van der Waals surface area contributed by atoms with E-state index in [1.807, 2.05) is 54.7 Å². The lowest BCUT2D eigenvalue weighted by Crippen LogP contribution is -2.23. The largest absolute Gasteiger partial charge is 0.497 e. The van der Waals surface area contributed by atoms with Crippen LogP contribution in [0.15, 0.2) is 79.0 Å². The van der Waals surface area contributed by atoms with Gasteiger partial charge in [-0.05, 0) is 60.0 Å². The van der Waals surface area contributed by atoms with Gasteiger partial charge in [-0.3, -0.25) is 4.79 Å². The van der Waals surface area contributed by atoms with E-state index >= 15 is 0 Å². The van der Waals surface area contributed by atoms with Gasteiger partial charge in [-0.25, -0.2) is 9.07 Å². The highest BCUT2D eigenvalue weighted by molar-refractivity contribution is 5.77. The summed E-state index contributed by atoms with van der Waals surface area (Å²) in [7, 11) is 3.22. The number of nitrogens with zero attached hydrogens (tertiary/aromatic N) is 2. The summed E-state index contributed by atoms with van der Waals surface area (Å²) in [6.07, 6.45) is 2.70. The molecule has 0 spiro atoms. The first kappa shape index (κ1) is 23.0. The van der Waals surface area contributed by atoms with Gasteiger partial charge in [-0.2, -0.15) is 5.10 Å². The smallest absolute Gasteiger partial charge is 0.220 e. The van der Waals surface area contributed by atoms with E-state index in [-0.39, 0.29) is 18.1 Å². The van der Waals surface area contributed by atoms with Gasteiger partial charge in [0.25, 0.3) is 0 Å². The van der Waals surface area contributed by atoms with Crippen LogP contribution in [-0.2, 0) is 17.8 Å². The van der Waals surface area contributed by atoms with Crippen molar-refractivity contribution in [1.82, 2.24) is 15.1 Å². The Morgan fingerprint density at radius 3 is 2.47 bits per heavy atom. The van der Waals surface area contributed by atoms with Crippen LogP contribution < -0.4 is 14.8 Å². The van der Waals surface area contributed by atoms with Crippen LogP contribution >= 0.6 is 0 Å². The maximum Gasteiger partial charge on any atom is 0.220 e. The molecule has 0 aliphatic carbocycles. The van der Waals surface area contributed by atoms with Crippen LogP contribution in [0.4, 0.5) is 4.39 Å². The molecule has 1 amide bonds. The molecule has 4 aromatic rings. The molecule has 34 heavy (non-hydrogen) atoms. The van der Waals surface area contributed by atoms with Crippen molar-refractivity contribution >= 4 is 5.91 Å². The van der Waals surface area contributed by atoms with Crippen LogP contribution in [0.25, 0.3) is 16.9 Å². The first-order chi connectivity index (χ1) is 16.6. The number of carbonyl (C=O) groups is 1. The number of methoxy groups -OCH3 is 2. The zero-order valence-corrected chi connectivity index (χ0v) is 19.1. The fraction of sp³-hybridized carbons (Fsp3) is 0.185. The quantitative estimate of drug-likeness (QED) is 0.385. The minimum Gasteiger partial charge on any atom is -0.497 e. The fourth-order valence-electron chi connectivity index (χ4n) is 3.67. The average molecular weight is 460 g/mol. The topological polar surface area (TPSA) is 65.4 Å². The van der Waals surface area contributed by atoms with E-state index < -0.39 is 0 Å². The lowest BCUT2D eigenvalue weighted by atomic mass is 10.0. The molecule has 0 aliphatic rings. The first-order valence-electron chi connectivity index (χ1n) is 10.9. The van der Waals surface area contributed by atoms with Crippen molar-refractivity contribution in [2.24, 2.45) is 0 Å². The molecule has 0 fully saturated rings. The number of aryl methyl sites for hydroxylation is 1. The van der Waals surface area contributed by atoms with Gasteiger partial charge < -0.3 is 14.8 Å². The van der Waals surface area contributed by atoms with Gasteiger partial charge in [0.15, 0.2) is 0 Å². The molecule has 0 saturated carbocycles. The van der Waals surface area contributed by atoms with E-state index in [1.165, 1.54) is 12.1 Å². The number of ether oxygens (including phenoxy) is 2. The molecule has 174 valence electrons. The van der Waals surface area contributed by atoms with Crippen LogP contribution in [0, 0.1) is 5.82 Å². The molecule has 4 rings (SSSR count). The average Bonchev–Trinajstić information content (AvgIpc) is 3.31. The number of aromatic nitrogens is 2. The van der Waals surface area contributed by atoms with Crippen LogP contribution in [0.1, 0.15) is 17.5 Å². The second-order valence-corrected chi connectivity index (χ2v) is 7.75. The van der Waals surface area contributed by atoms with Gasteiger partial charge in [0.1, 0.15) is 17.3 Å². The van der Waals surface area contributed by atoms with Crippen molar-refractivity contribution in [2.75, 3.05) is 14.2 Å². The van der Waals surface area contributed by atoms with Crippen molar-refractivity contribution in [1.29, 1.82) is 0 Å². The summed E-state index contributed by atoms with van der Waals surface area (Å²) in [4.78, 5) is 12.5. The molecule has 0 unspecified atom stereocenters.